The minimum absolute atomic E-state index is 0.166. The van der Waals surface area contributed by atoms with Crippen LogP contribution in [0.4, 0.5) is 0 Å². The lowest BCUT2D eigenvalue weighted by atomic mass is 10.2. The number of hydrogen-bond donors (Lipinski definition) is 0. The summed E-state index contributed by atoms with van der Waals surface area (Å²) in [7, 11) is 0. The third kappa shape index (κ3) is 4.43. The van der Waals surface area contributed by atoms with Crippen LogP contribution in [0.5, 0.6) is 5.88 Å². The van der Waals surface area contributed by atoms with Gasteiger partial charge in [-0.2, -0.15) is 0 Å². The van der Waals surface area contributed by atoms with Crippen LogP contribution in [-0.4, -0.2) is 57.8 Å². The van der Waals surface area contributed by atoms with E-state index in [1.807, 2.05) is 30.3 Å². The molecular weight excluding hydrogens is 372 g/mol. The van der Waals surface area contributed by atoms with Crippen molar-refractivity contribution in [3.63, 3.8) is 0 Å². The van der Waals surface area contributed by atoms with E-state index in [2.05, 4.69) is 9.97 Å². The number of carbonyl (C=O) groups excluding carboxylic acids is 2. The maximum Gasteiger partial charge on any atom is 0.289 e. The van der Waals surface area contributed by atoms with Gasteiger partial charge in [0.05, 0.1) is 6.26 Å². The minimum Gasteiger partial charge on any atom is -0.473 e. The molecule has 8 heteroatoms. The number of furan rings is 1. The van der Waals surface area contributed by atoms with Crippen LogP contribution in [0.1, 0.15) is 26.6 Å². The maximum atomic E-state index is 12.8. The number of piperazine rings is 1. The summed E-state index contributed by atoms with van der Waals surface area (Å²) in [4.78, 5) is 36.6. The fourth-order valence-corrected chi connectivity index (χ4v) is 3.10. The summed E-state index contributed by atoms with van der Waals surface area (Å²) in [6, 6.07) is 14.6. The fourth-order valence-electron chi connectivity index (χ4n) is 3.10. The predicted octanol–water partition coefficient (Wildman–Crippen LogP) is 2.25. The Hall–Kier alpha value is -3.68. The number of aromatic nitrogens is 2. The van der Waals surface area contributed by atoms with Crippen LogP contribution >= 0.6 is 0 Å². The molecule has 1 saturated heterocycles. The summed E-state index contributed by atoms with van der Waals surface area (Å²) in [6.07, 6.45) is 2.80. The first-order chi connectivity index (χ1) is 14.2. The highest BCUT2D eigenvalue weighted by molar-refractivity contribution is 5.93. The number of nitrogens with zero attached hydrogens (tertiary/aromatic N) is 4. The zero-order valence-electron chi connectivity index (χ0n) is 15.7. The summed E-state index contributed by atoms with van der Waals surface area (Å²) < 4.78 is 10.8. The van der Waals surface area contributed by atoms with Crippen molar-refractivity contribution in [3.05, 3.63) is 78.1 Å². The molecule has 1 fully saturated rings. The standard InChI is InChI=1S/C21H20N4O4/c26-20(24-8-10-25(11-9-24)21(27)18-7-4-12-28-18)17-13-19(23-15-22-17)29-14-16-5-2-1-3-6-16/h1-7,12-13,15H,8-11,14H2. The molecule has 2 amide bonds. The predicted molar refractivity (Wildman–Crippen MR) is 103 cm³/mol. The molecule has 0 saturated carbocycles. The van der Waals surface area contributed by atoms with Crippen LogP contribution in [0.3, 0.4) is 0 Å². The van der Waals surface area contributed by atoms with Gasteiger partial charge in [-0.25, -0.2) is 9.97 Å². The van der Waals surface area contributed by atoms with Crippen LogP contribution in [0, 0.1) is 0 Å². The van der Waals surface area contributed by atoms with Gasteiger partial charge >= 0.3 is 0 Å². The summed E-state index contributed by atoms with van der Waals surface area (Å²) in [5, 5.41) is 0. The van der Waals surface area contributed by atoms with E-state index in [0.717, 1.165) is 5.56 Å². The molecule has 1 aliphatic heterocycles. The molecule has 29 heavy (non-hydrogen) atoms. The van der Waals surface area contributed by atoms with Gasteiger partial charge in [-0.05, 0) is 17.7 Å². The number of benzene rings is 1. The second-order valence-electron chi connectivity index (χ2n) is 6.58. The van der Waals surface area contributed by atoms with E-state index in [1.54, 1.807) is 28.0 Å². The Kier molecular flexibility index (Phi) is 5.51. The Labute approximate surface area is 167 Å². The molecule has 0 spiro atoms. The van der Waals surface area contributed by atoms with E-state index < -0.39 is 0 Å². The summed E-state index contributed by atoms with van der Waals surface area (Å²) >= 11 is 0. The smallest absolute Gasteiger partial charge is 0.289 e. The SMILES string of the molecule is O=C(c1cc(OCc2ccccc2)ncn1)N1CCN(C(=O)c2ccco2)CC1. The molecule has 1 aromatic carbocycles. The Morgan fingerprint density at radius 1 is 0.931 bits per heavy atom. The van der Waals surface area contributed by atoms with Gasteiger partial charge in [0.25, 0.3) is 11.8 Å². The van der Waals surface area contributed by atoms with Crippen molar-refractivity contribution in [1.82, 2.24) is 19.8 Å². The number of hydrogen-bond acceptors (Lipinski definition) is 6. The third-order valence-corrected chi connectivity index (χ3v) is 4.68. The Morgan fingerprint density at radius 2 is 1.66 bits per heavy atom. The molecule has 1 aliphatic rings. The molecule has 0 aliphatic carbocycles. The monoisotopic (exact) mass is 392 g/mol. The first kappa shape index (κ1) is 18.7. The van der Waals surface area contributed by atoms with E-state index in [1.165, 1.54) is 12.6 Å². The highest BCUT2D eigenvalue weighted by atomic mass is 16.5. The second kappa shape index (κ2) is 8.55. The second-order valence-corrected chi connectivity index (χ2v) is 6.58. The van der Waals surface area contributed by atoms with Crippen LogP contribution in [0.2, 0.25) is 0 Å². The molecule has 0 atom stereocenters. The van der Waals surface area contributed by atoms with Gasteiger partial charge in [-0.3, -0.25) is 9.59 Å². The van der Waals surface area contributed by atoms with Crippen molar-refractivity contribution in [1.29, 1.82) is 0 Å². The molecule has 148 valence electrons. The Morgan fingerprint density at radius 3 is 2.34 bits per heavy atom. The number of ether oxygens (including phenoxy) is 1. The molecule has 0 radical (unpaired) electrons. The van der Waals surface area contributed by atoms with Gasteiger partial charge in [0.2, 0.25) is 5.88 Å². The van der Waals surface area contributed by atoms with Crippen LogP contribution in [0.25, 0.3) is 0 Å². The molecule has 0 N–H and O–H groups in total. The van der Waals surface area contributed by atoms with Crippen molar-refractivity contribution in [2.24, 2.45) is 0 Å². The number of carbonyl (C=O) groups is 2. The quantitative estimate of drug-likeness (QED) is 0.662. The van der Waals surface area contributed by atoms with Crippen LogP contribution < -0.4 is 4.74 Å². The van der Waals surface area contributed by atoms with Crippen molar-refractivity contribution >= 4 is 11.8 Å². The van der Waals surface area contributed by atoms with Gasteiger partial charge in [0.1, 0.15) is 18.6 Å². The number of amides is 2. The lowest BCUT2D eigenvalue weighted by molar-refractivity contribution is 0.0515. The Bertz CT molecular complexity index is 967. The van der Waals surface area contributed by atoms with Crippen molar-refractivity contribution in [2.75, 3.05) is 26.2 Å². The zero-order chi connectivity index (χ0) is 20.1. The van der Waals surface area contributed by atoms with Crippen molar-refractivity contribution in [2.45, 2.75) is 6.61 Å². The maximum absolute atomic E-state index is 12.8. The zero-order valence-corrected chi connectivity index (χ0v) is 15.7. The molecule has 4 rings (SSSR count). The van der Waals surface area contributed by atoms with Gasteiger partial charge in [-0.15, -0.1) is 0 Å². The van der Waals surface area contributed by atoms with E-state index in [0.29, 0.717) is 44.4 Å². The highest BCUT2D eigenvalue weighted by Gasteiger charge is 2.27. The van der Waals surface area contributed by atoms with E-state index >= 15 is 0 Å². The largest absolute Gasteiger partial charge is 0.473 e. The van der Waals surface area contributed by atoms with Gasteiger partial charge in [-0.1, -0.05) is 30.3 Å². The van der Waals surface area contributed by atoms with Crippen molar-refractivity contribution in [3.8, 4) is 5.88 Å². The van der Waals surface area contributed by atoms with E-state index in [4.69, 9.17) is 9.15 Å². The van der Waals surface area contributed by atoms with Gasteiger partial charge < -0.3 is 19.0 Å². The summed E-state index contributed by atoms with van der Waals surface area (Å²) in [5.41, 5.74) is 1.28. The number of rotatable bonds is 5. The first-order valence-electron chi connectivity index (χ1n) is 9.31. The van der Waals surface area contributed by atoms with E-state index in [-0.39, 0.29) is 17.5 Å². The van der Waals surface area contributed by atoms with E-state index in [9.17, 15) is 9.59 Å². The fraction of sp³-hybridized carbons (Fsp3) is 0.238. The lowest BCUT2D eigenvalue weighted by Crippen LogP contribution is -2.50. The highest BCUT2D eigenvalue weighted by Crippen LogP contribution is 2.14. The minimum atomic E-state index is -0.206. The molecule has 0 bridgehead atoms. The molecule has 8 nitrogen and oxygen atoms in total. The lowest BCUT2D eigenvalue weighted by Gasteiger charge is -2.34. The van der Waals surface area contributed by atoms with Crippen molar-refractivity contribution < 1.29 is 18.7 Å². The molecule has 3 heterocycles. The third-order valence-electron chi connectivity index (χ3n) is 4.68. The summed E-state index contributed by atoms with van der Waals surface area (Å²) in [5.74, 6) is 0.280. The normalized spacial score (nSPS) is 13.9. The average Bonchev–Trinajstić information content (AvgIpc) is 3.33. The molecule has 3 aromatic rings. The molecule has 2 aromatic heterocycles. The topological polar surface area (TPSA) is 88.8 Å². The van der Waals surface area contributed by atoms with Gasteiger partial charge in [0, 0.05) is 32.2 Å². The average molecular weight is 392 g/mol. The first-order valence-corrected chi connectivity index (χ1v) is 9.31. The molecule has 0 unspecified atom stereocenters. The summed E-state index contributed by atoms with van der Waals surface area (Å²) in [6.45, 7) is 2.09. The molecular formula is C21H20N4O4. The van der Waals surface area contributed by atoms with Crippen LogP contribution in [0.15, 0.2) is 65.5 Å². The van der Waals surface area contributed by atoms with Crippen LogP contribution in [-0.2, 0) is 6.61 Å². The Balaban J connectivity index is 1.34. The van der Waals surface area contributed by atoms with Gasteiger partial charge in [0.15, 0.2) is 5.76 Å².